The fraction of sp³-hybridized carbons (Fsp3) is 0.400. The van der Waals surface area contributed by atoms with Crippen molar-refractivity contribution in [3.05, 3.63) is 77.3 Å². The van der Waals surface area contributed by atoms with E-state index in [0.29, 0.717) is 23.4 Å². The summed E-state index contributed by atoms with van der Waals surface area (Å²) in [5.41, 5.74) is 15.8. The molecule has 4 N–H and O–H groups in total. The molecule has 4 heterocycles. The molecule has 1 aromatic heterocycles. The smallest absolute Gasteiger partial charge is 0.250 e. The van der Waals surface area contributed by atoms with E-state index in [1.807, 2.05) is 18.3 Å². The highest BCUT2D eigenvalue weighted by Crippen LogP contribution is 2.32. The third-order valence-corrected chi connectivity index (χ3v) is 8.63. The van der Waals surface area contributed by atoms with Gasteiger partial charge in [-0.1, -0.05) is 24.3 Å². The number of halogens is 1. The molecule has 0 saturated carbocycles. The van der Waals surface area contributed by atoms with E-state index in [9.17, 15) is 0 Å². The number of piperidine rings is 1. The van der Waals surface area contributed by atoms with Crippen molar-refractivity contribution in [2.75, 3.05) is 47.2 Å². The molecule has 40 heavy (non-hydrogen) atoms. The number of likely N-dealkylation sites (tertiary alicyclic amines) is 1. The summed E-state index contributed by atoms with van der Waals surface area (Å²) in [6, 6.07) is 14.3. The summed E-state index contributed by atoms with van der Waals surface area (Å²) >= 11 is 0. The summed E-state index contributed by atoms with van der Waals surface area (Å²) < 4.78 is 15.2. The Morgan fingerprint density at radius 1 is 0.975 bits per heavy atom. The van der Waals surface area contributed by atoms with Gasteiger partial charge in [0, 0.05) is 36.6 Å². The standard InChI is InChI=1S/C30H36FN9/c31-26-20-23(10-11-27(26)38-17-13-24(14-18-38)37-15-3-4-16-37)33-30-34-29(32)40(36-30)39-19-12-22-8-5-7-21-6-1-2-9-25(21)28(22)35-39/h1-2,6,9-12,19-20,24,35H,3-5,7-8,13-18H2,(H3,32,33,34,36). The van der Waals surface area contributed by atoms with Crippen LogP contribution < -0.4 is 26.5 Å². The van der Waals surface area contributed by atoms with Gasteiger partial charge in [0.2, 0.25) is 5.95 Å². The van der Waals surface area contributed by atoms with Crippen LogP contribution in [0.1, 0.15) is 49.7 Å². The van der Waals surface area contributed by atoms with Gasteiger partial charge < -0.3 is 20.9 Å². The number of allylic oxidation sites excluding steroid dienone is 2. The Kier molecular flexibility index (Phi) is 6.55. The maximum absolute atomic E-state index is 15.2. The van der Waals surface area contributed by atoms with Gasteiger partial charge in [0.25, 0.3) is 5.95 Å². The van der Waals surface area contributed by atoms with Gasteiger partial charge in [-0.25, -0.2) is 4.39 Å². The van der Waals surface area contributed by atoms with Crippen LogP contribution in [0.3, 0.4) is 0 Å². The molecule has 9 nitrogen and oxygen atoms in total. The molecule has 0 spiro atoms. The minimum atomic E-state index is -0.246. The van der Waals surface area contributed by atoms with Crippen LogP contribution in [0.5, 0.6) is 0 Å². The number of hydrogen-bond acceptors (Lipinski definition) is 8. The largest absolute Gasteiger partial charge is 0.369 e. The maximum Gasteiger partial charge on any atom is 0.250 e. The van der Waals surface area contributed by atoms with Crippen molar-refractivity contribution >= 4 is 29.0 Å². The molecule has 2 saturated heterocycles. The van der Waals surface area contributed by atoms with Gasteiger partial charge in [0.05, 0.1) is 11.4 Å². The van der Waals surface area contributed by atoms with Crippen LogP contribution in [0, 0.1) is 5.82 Å². The second-order valence-corrected chi connectivity index (χ2v) is 11.1. The van der Waals surface area contributed by atoms with E-state index < -0.39 is 0 Å². The monoisotopic (exact) mass is 541 g/mol. The Balaban J connectivity index is 1.03. The Hall–Kier alpha value is -4.05. The van der Waals surface area contributed by atoms with E-state index in [2.05, 4.69) is 61.0 Å². The summed E-state index contributed by atoms with van der Waals surface area (Å²) in [6.45, 7) is 4.19. The average molecular weight is 542 g/mol. The zero-order valence-corrected chi connectivity index (χ0v) is 22.7. The van der Waals surface area contributed by atoms with Crippen molar-refractivity contribution in [3.63, 3.8) is 0 Å². The van der Waals surface area contributed by atoms with Crippen LogP contribution in [0.15, 0.2) is 60.3 Å². The van der Waals surface area contributed by atoms with Crippen molar-refractivity contribution in [2.24, 2.45) is 0 Å². The summed E-state index contributed by atoms with van der Waals surface area (Å²) in [5, 5.41) is 9.40. The molecule has 3 aromatic rings. The highest BCUT2D eigenvalue weighted by molar-refractivity contribution is 5.74. The van der Waals surface area contributed by atoms with Gasteiger partial charge in [-0.2, -0.15) is 10.1 Å². The Morgan fingerprint density at radius 2 is 1.80 bits per heavy atom. The third kappa shape index (κ3) is 4.77. The van der Waals surface area contributed by atoms with Crippen molar-refractivity contribution < 1.29 is 4.39 Å². The quantitative estimate of drug-likeness (QED) is 0.434. The van der Waals surface area contributed by atoms with Gasteiger partial charge in [0.15, 0.2) is 0 Å². The second kappa shape index (κ2) is 10.5. The molecular formula is C30H36FN9. The van der Waals surface area contributed by atoms with E-state index in [-0.39, 0.29) is 11.8 Å². The van der Waals surface area contributed by atoms with Crippen molar-refractivity contribution in [3.8, 4) is 0 Å². The molecule has 0 radical (unpaired) electrons. The first-order valence-corrected chi connectivity index (χ1v) is 14.5. The first kappa shape index (κ1) is 25.0. The number of hydrogen-bond donors (Lipinski definition) is 3. The van der Waals surface area contributed by atoms with Crippen molar-refractivity contribution in [2.45, 2.75) is 51.0 Å². The predicted octanol–water partition coefficient (Wildman–Crippen LogP) is 4.53. The average Bonchev–Trinajstić information content (AvgIpc) is 3.60. The lowest BCUT2D eigenvalue weighted by Gasteiger charge is -2.37. The van der Waals surface area contributed by atoms with Crippen LogP contribution in [0.2, 0.25) is 0 Å². The van der Waals surface area contributed by atoms with Crippen molar-refractivity contribution in [1.82, 2.24) is 25.2 Å². The molecular weight excluding hydrogens is 505 g/mol. The number of anilines is 4. The van der Waals surface area contributed by atoms with Crippen LogP contribution in [-0.4, -0.2) is 52.0 Å². The van der Waals surface area contributed by atoms with Crippen LogP contribution in [-0.2, 0) is 6.42 Å². The second-order valence-electron chi connectivity index (χ2n) is 11.1. The van der Waals surface area contributed by atoms with Crippen molar-refractivity contribution in [1.29, 1.82) is 0 Å². The Labute approximate surface area is 234 Å². The number of rotatable bonds is 5. The number of nitrogens with two attached hydrogens (primary N) is 1. The normalized spacial score (nSPS) is 19.8. The lowest BCUT2D eigenvalue weighted by atomic mass is 10.0. The molecule has 0 unspecified atom stereocenters. The lowest BCUT2D eigenvalue weighted by molar-refractivity contribution is 0.207. The molecule has 4 aliphatic rings. The molecule has 208 valence electrons. The van der Waals surface area contributed by atoms with Gasteiger partial charge in [-0.3, -0.25) is 5.43 Å². The SMILES string of the molecule is Nc1nc(Nc2ccc(N3CCC(N4CCCC4)CC3)c(F)c2)nn1N1C=CC2=C(N1)c1ccccc1CCC2. The van der Waals surface area contributed by atoms with Crippen LogP contribution >= 0.6 is 0 Å². The predicted molar refractivity (Wildman–Crippen MR) is 157 cm³/mol. The Bertz CT molecular complexity index is 1450. The molecule has 0 atom stereocenters. The first-order valence-electron chi connectivity index (χ1n) is 14.5. The number of fused-ring (bicyclic) bond motifs is 2. The van der Waals surface area contributed by atoms with E-state index in [4.69, 9.17) is 5.73 Å². The lowest BCUT2D eigenvalue weighted by Crippen LogP contribution is -2.44. The topological polar surface area (TPSA) is 90.5 Å². The first-order chi connectivity index (χ1) is 19.6. The summed E-state index contributed by atoms with van der Waals surface area (Å²) in [4.78, 5) is 10.7. The zero-order valence-electron chi connectivity index (χ0n) is 22.7. The van der Waals surface area contributed by atoms with Crippen LogP contribution in [0.25, 0.3) is 5.70 Å². The molecule has 3 aliphatic heterocycles. The number of nitrogens with one attached hydrogen (secondary N) is 2. The molecule has 7 rings (SSSR count). The summed E-state index contributed by atoms with van der Waals surface area (Å²) in [6.07, 6.45) is 11.9. The van der Waals surface area contributed by atoms with E-state index in [1.165, 1.54) is 53.5 Å². The molecule has 2 aromatic carbocycles. The van der Waals surface area contributed by atoms with E-state index in [1.54, 1.807) is 5.12 Å². The molecule has 2 fully saturated rings. The zero-order chi connectivity index (χ0) is 27.1. The highest BCUT2D eigenvalue weighted by atomic mass is 19.1. The van der Waals surface area contributed by atoms with Gasteiger partial charge in [-0.05, 0) is 93.4 Å². The van der Waals surface area contributed by atoms with E-state index >= 15 is 4.39 Å². The molecule has 0 bridgehead atoms. The highest BCUT2D eigenvalue weighted by Gasteiger charge is 2.28. The number of benzene rings is 2. The molecule has 0 amide bonds. The number of aryl methyl sites for hydroxylation is 1. The van der Waals surface area contributed by atoms with Gasteiger partial charge in [-0.15, -0.1) is 9.89 Å². The Morgan fingerprint density at radius 3 is 2.62 bits per heavy atom. The molecule has 10 heteroatoms. The van der Waals surface area contributed by atoms with Gasteiger partial charge in [0.1, 0.15) is 5.82 Å². The number of hydrazine groups is 1. The summed E-state index contributed by atoms with van der Waals surface area (Å²) in [5.74, 6) is 0.264. The maximum atomic E-state index is 15.2. The minimum Gasteiger partial charge on any atom is -0.369 e. The van der Waals surface area contributed by atoms with E-state index in [0.717, 1.165) is 50.9 Å². The number of nitrogens with zero attached hydrogens (tertiary/aromatic N) is 6. The third-order valence-electron chi connectivity index (χ3n) is 8.63. The number of aromatic nitrogens is 3. The minimum absolute atomic E-state index is 0.212. The van der Waals surface area contributed by atoms with Crippen LogP contribution in [0.4, 0.5) is 27.7 Å². The fourth-order valence-electron chi connectivity index (χ4n) is 6.55. The fourth-order valence-corrected chi connectivity index (χ4v) is 6.55. The molecule has 1 aliphatic carbocycles. The number of nitrogen functional groups attached to an aromatic ring is 1. The summed E-state index contributed by atoms with van der Waals surface area (Å²) in [7, 11) is 0. The van der Waals surface area contributed by atoms with Gasteiger partial charge >= 0.3 is 0 Å².